The minimum atomic E-state index is -0.129. The molecule has 1 aromatic carbocycles. The van der Waals surface area contributed by atoms with Crippen LogP contribution in [0.4, 0.5) is 5.69 Å². The van der Waals surface area contributed by atoms with Crippen molar-refractivity contribution in [1.29, 1.82) is 0 Å². The molecule has 1 aliphatic heterocycles. The Balaban J connectivity index is 1.71. The topological polar surface area (TPSA) is 88.9 Å². The van der Waals surface area contributed by atoms with Gasteiger partial charge < -0.3 is 20.6 Å². The molecule has 2 aliphatic rings. The number of hydrogen-bond acceptors (Lipinski definition) is 6. The average Bonchev–Trinajstić information content (AvgIpc) is 3.05. The maximum atomic E-state index is 9.97. The molecule has 6 heteroatoms. The van der Waals surface area contributed by atoms with Crippen molar-refractivity contribution in [3.8, 4) is 11.5 Å². The molecule has 1 unspecified atom stereocenters. The van der Waals surface area contributed by atoms with E-state index < -0.39 is 0 Å². The molecule has 0 amide bonds. The number of phenols is 2. The summed E-state index contributed by atoms with van der Waals surface area (Å²) in [5.74, 6) is -0.239. The quantitative estimate of drug-likeness (QED) is 0.635. The van der Waals surface area contributed by atoms with Crippen molar-refractivity contribution in [2.75, 3.05) is 31.6 Å². The summed E-state index contributed by atoms with van der Waals surface area (Å²) in [5.41, 5.74) is 4.13. The Morgan fingerprint density at radius 1 is 1.16 bits per heavy atom. The fourth-order valence-corrected chi connectivity index (χ4v) is 4.17. The molecule has 4 N–H and O–H groups in total. The molecule has 2 heterocycles. The second-order valence-electron chi connectivity index (χ2n) is 7.13. The van der Waals surface area contributed by atoms with Crippen molar-refractivity contribution in [3.05, 3.63) is 23.4 Å². The number of likely N-dealkylation sites (tertiary alicyclic amines) is 1. The first-order valence-corrected chi connectivity index (χ1v) is 9.13. The molecule has 0 spiro atoms. The fraction of sp³-hybridized carbons (Fsp3) is 0.526. The molecule has 6 nitrogen and oxygen atoms in total. The van der Waals surface area contributed by atoms with Gasteiger partial charge in [-0.15, -0.1) is 0 Å². The van der Waals surface area contributed by atoms with Gasteiger partial charge in [-0.05, 0) is 50.3 Å². The number of phenolic OH excluding ortho intramolecular Hbond substituents is 2. The summed E-state index contributed by atoms with van der Waals surface area (Å²) in [6.45, 7) is 2.83. The number of piperidine rings is 1. The zero-order valence-electron chi connectivity index (χ0n) is 14.3. The van der Waals surface area contributed by atoms with Gasteiger partial charge in [0.15, 0.2) is 11.5 Å². The summed E-state index contributed by atoms with van der Waals surface area (Å²) in [5, 5.41) is 33.6. The summed E-state index contributed by atoms with van der Waals surface area (Å²) in [7, 11) is 0. The number of aryl methyl sites for hydroxylation is 1. The minimum absolute atomic E-state index is 0.110. The van der Waals surface area contributed by atoms with E-state index in [-0.39, 0.29) is 18.1 Å². The lowest BCUT2D eigenvalue weighted by Gasteiger charge is -2.34. The molecule has 0 bridgehead atoms. The van der Waals surface area contributed by atoms with Crippen molar-refractivity contribution >= 4 is 16.6 Å². The largest absolute Gasteiger partial charge is 0.504 e. The molecule has 1 atom stereocenters. The molecule has 2 aromatic rings. The first-order chi connectivity index (χ1) is 12.2. The van der Waals surface area contributed by atoms with E-state index in [1.807, 2.05) is 0 Å². The SMILES string of the molecule is OCCN1CCCC(Nc2c3c(nc4cc(O)c(O)cc24)CCC3)C1. The highest BCUT2D eigenvalue weighted by atomic mass is 16.3. The molecule has 25 heavy (non-hydrogen) atoms. The van der Waals surface area contributed by atoms with Gasteiger partial charge in [-0.25, -0.2) is 0 Å². The van der Waals surface area contributed by atoms with Gasteiger partial charge in [0.25, 0.3) is 0 Å². The van der Waals surface area contributed by atoms with Crippen molar-refractivity contribution in [2.24, 2.45) is 0 Å². The van der Waals surface area contributed by atoms with Crippen LogP contribution in [0.3, 0.4) is 0 Å². The smallest absolute Gasteiger partial charge is 0.159 e. The molecular formula is C19H25N3O3. The van der Waals surface area contributed by atoms with Gasteiger partial charge in [-0.3, -0.25) is 9.88 Å². The van der Waals surface area contributed by atoms with Crippen molar-refractivity contribution in [3.63, 3.8) is 0 Å². The number of β-amino-alcohol motifs (C(OH)–C–C–N with tert-alkyl or cyclic N) is 1. The number of benzene rings is 1. The van der Waals surface area contributed by atoms with E-state index in [0.29, 0.717) is 12.6 Å². The lowest BCUT2D eigenvalue weighted by molar-refractivity contribution is 0.166. The summed E-state index contributed by atoms with van der Waals surface area (Å²) < 4.78 is 0. The van der Waals surface area contributed by atoms with E-state index in [1.165, 1.54) is 5.56 Å². The first kappa shape index (κ1) is 16.4. The van der Waals surface area contributed by atoms with Crippen LogP contribution < -0.4 is 5.32 Å². The van der Waals surface area contributed by atoms with Crippen molar-refractivity contribution < 1.29 is 15.3 Å². The predicted molar refractivity (Wildman–Crippen MR) is 97.3 cm³/mol. The lowest BCUT2D eigenvalue weighted by Crippen LogP contribution is -2.43. The number of pyridine rings is 1. The van der Waals surface area contributed by atoms with Crippen LogP contribution in [0.1, 0.15) is 30.5 Å². The van der Waals surface area contributed by atoms with Crippen LogP contribution in [0.25, 0.3) is 10.9 Å². The van der Waals surface area contributed by atoms with Crippen LogP contribution in [0, 0.1) is 0 Å². The van der Waals surface area contributed by atoms with Gasteiger partial charge in [-0.1, -0.05) is 0 Å². The molecule has 0 saturated carbocycles. The van der Waals surface area contributed by atoms with Gasteiger partial charge in [0.2, 0.25) is 0 Å². The van der Waals surface area contributed by atoms with E-state index in [9.17, 15) is 15.3 Å². The van der Waals surface area contributed by atoms with Gasteiger partial charge in [0, 0.05) is 42.0 Å². The molecule has 1 saturated heterocycles. The molecule has 4 rings (SSSR count). The van der Waals surface area contributed by atoms with Crippen molar-refractivity contribution in [2.45, 2.75) is 38.1 Å². The first-order valence-electron chi connectivity index (χ1n) is 9.13. The van der Waals surface area contributed by atoms with E-state index in [1.54, 1.807) is 12.1 Å². The zero-order valence-corrected chi connectivity index (χ0v) is 14.3. The standard InChI is InChI=1S/C19H25N3O3/c23-8-7-22-6-2-3-12(11-22)20-19-13-4-1-5-15(13)21-16-10-18(25)17(24)9-14(16)19/h9-10,12,23-25H,1-8,11H2,(H,20,21). The Morgan fingerprint density at radius 2 is 2.00 bits per heavy atom. The number of nitrogens with zero attached hydrogens (tertiary/aromatic N) is 2. The Bertz CT molecular complexity index is 791. The molecule has 1 aliphatic carbocycles. The lowest BCUT2D eigenvalue weighted by atomic mass is 10.0. The normalized spacial score (nSPS) is 20.8. The minimum Gasteiger partial charge on any atom is -0.504 e. The van der Waals surface area contributed by atoms with Crippen LogP contribution in [0.2, 0.25) is 0 Å². The number of fused-ring (bicyclic) bond motifs is 2. The third-order valence-electron chi connectivity index (χ3n) is 5.38. The van der Waals surface area contributed by atoms with Crippen LogP contribution in [0.15, 0.2) is 12.1 Å². The predicted octanol–water partition coefficient (Wildman–Crippen LogP) is 2.00. The van der Waals surface area contributed by atoms with Gasteiger partial charge in [0.05, 0.1) is 12.1 Å². The number of aliphatic hydroxyl groups is 1. The average molecular weight is 343 g/mol. The molecular weight excluding hydrogens is 318 g/mol. The van der Waals surface area contributed by atoms with E-state index in [0.717, 1.165) is 67.5 Å². The van der Waals surface area contributed by atoms with E-state index in [4.69, 9.17) is 4.98 Å². The third-order valence-corrected chi connectivity index (χ3v) is 5.38. The summed E-state index contributed by atoms with van der Waals surface area (Å²) in [6.07, 6.45) is 5.24. The zero-order chi connectivity index (χ0) is 17.4. The summed E-state index contributed by atoms with van der Waals surface area (Å²) >= 11 is 0. The Morgan fingerprint density at radius 3 is 2.84 bits per heavy atom. The third kappa shape index (κ3) is 3.12. The number of aromatic hydroxyl groups is 2. The number of rotatable bonds is 4. The van der Waals surface area contributed by atoms with Crippen LogP contribution in [-0.2, 0) is 12.8 Å². The summed E-state index contributed by atoms with van der Waals surface area (Å²) in [6, 6.07) is 3.48. The van der Waals surface area contributed by atoms with Crippen molar-refractivity contribution in [1.82, 2.24) is 9.88 Å². The monoisotopic (exact) mass is 343 g/mol. The number of aliphatic hydroxyl groups excluding tert-OH is 1. The molecule has 0 radical (unpaired) electrons. The number of nitrogens with one attached hydrogen (secondary N) is 1. The van der Waals surface area contributed by atoms with E-state index >= 15 is 0 Å². The summed E-state index contributed by atoms with van der Waals surface area (Å²) in [4.78, 5) is 6.99. The van der Waals surface area contributed by atoms with Crippen LogP contribution >= 0.6 is 0 Å². The Hall–Kier alpha value is -2.05. The molecule has 134 valence electrons. The van der Waals surface area contributed by atoms with Crippen LogP contribution in [0.5, 0.6) is 11.5 Å². The Kier molecular flexibility index (Phi) is 4.39. The Labute approximate surface area is 147 Å². The molecule has 1 fully saturated rings. The molecule has 1 aromatic heterocycles. The maximum absolute atomic E-state index is 9.97. The highest BCUT2D eigenvalue weighted by Crippen LogP contribution is 2.39. The van der Waals surface area contributed by atoms with Gasteiger partial charge in [-0.2, -0.15) is 0 Å². The second-order valence-corrected chi connectivity index (χ2v) is 7.13. The second kappa shape index (κ2) is 6.69. The van der Waals surface area contributed by atoms with Crippen LogP contribution in [-0.4, -0.2) is 57.5 Å². The van der Waals surface area contributed by atoms with Gasteiger partial charge in [0.1, 0.15) is 0 Å². The number of anilines is 1. The maximum Gasteiger partial charge on any atom is 0.159 e. The number of hydrogen-bond donors (Lipinski definition) is 4. The van der Waals surface area contributed by atoms with E-state index in [2.05, 4.69) is 10.2 Å². The van der Waals surface area contributed by atoms with Gasteiger partial charge >= 0.3 is 0 Å². The fourth-order valence-electron chi connectivity index (χ4n) is 4.17. The highest BCUT2D eigenvalue weighted by molar-refractivity contribution is 5.96. The number of aromatic nitrogens is 1. The highest BCUT2D eigenvalue weighted by Gasteiger charge is 2.25.